The summed E-state index contributed by atoms with van der Waals surface area (Å²) in [5.74, 6) is -0.338. The van der Waals surface area contributed by atoms with E-state index in [1.807, 2.05) is 13.8 Å². The van der Waals surface area contributed by atoms with Gasteiger partial charge in [0.25, 0.3) is 0 Å². The monoisotopic (exact) mass is 340 g/mol. The van der Waals surface area contributed by atoms with Crippen LogP contribution in [0.1, 0.15) is 35.5 Å². The fraction of sp³-hybridized carbons (Fsp3) is 0.375. The number of amides is 1. The van der Waals surface area contributed by atoms with E-state index in [-0.39, 0.29) is 11.7 Å². The Morgan fingerprint density at radius 3 is 2.70 bits per heavy atom. The lowest BCUT2D eigenvalue weighted by Gasteiger charge is -2.14. The molecule has 0 aliphatic rings. The van der Waals surface area contributed by atoms with Crippen molar-refractivity contribution >= 4 is 17.7 Å². The Morgan fingerprint density at radius 1 is 1.35 bits per heavy atom. The number of carbonyl (C=O) groups is 1. The normalized spacial score (nSPS) is 12.2. The average molecular weight is 340 g/mol. The second-order valence-electron chi connectivity index (χ2n) is 5.26. The van der Waals surface area contributed by atoms with Crippen LogP contribution < -0.4 is 5.32 Å². The number of nitrogens with one attached hydrogen (secondary N) is 1. The van der Waals surface area contributed by atoms with E-state index >= 15 is 0 Å². The van der Waals surface area contributed by atoms with Crippen LogP contribution in [0.4, 0.5) is 8.78 Å². The van der Waals surface area contributed by atoms with Crippen LogP contribution in [-0.4, -0.2) is 16.8 Å². The molecule has 0 fully saturated rings. The summed E-state index contributed by atoms with van der Waals surface area (Å²) >= 11 is 1.44. The third-order valence-corrected chi connectivity index (χ3v) is 4.44. The molecule has 0 aliphatic carbocycles. The first-order valence-electron chi connectivity index (χ1n) is 7.12. The van der Waals surface area contributed by atoms with Crippen molar-refractivity contribution in [3.05, 3.63) is 52.4 Å². The van der Waals surface area contributed by atoms with Gasteiger partial charge in [-0.3, -0.25) is 4.79 Å². The number of benzene rings is 1. The number of rotatable bonds is 6. The van der Waals surface area contributed by atoms with Gasteiger partial charge in [-0.15, -0.1) is 11.8 Å². The van der Waals surface area contributed by atoms with Gasteiger partial charge >= 0.3 is 0 Å². The molecule has 4 nitrogen and oxygen atoms in total. The molecule has 0 saturated heterocycles. The van der Waals surface area contributed by atoms with E-state index in [0.717, 1.165) is 29.2 Å². The topological polar surface area (TPSA) is 55.1 Å². The standard InChI is InChI=1S/C16H18F2N2O2S/c1-9(12-4-5-14(17)15(18)6-12)19-16(21)8-23-7-13-10(2)20-22-11(13)3/h4-6,9H,7-8H2,1-3H3,(H,19,21). The minimum Gasteiger partial charge on any atom is -0.361 e. The second kappa shape index (κ2) is 7.59. The zero-order chi connectivity index (χ0) is 17.0. The van der Waals surface area contributed by atoms with Crippen LogP contribution in [0.15, 0.2) is 22.7 Å². The first-order valence-corrected chi connectivity index (χ1v) is 8.27. The van der Waals surface area contributed by atoms with E-state index in [2.05, 4.69) is 10.5 Å². The number of halogens is 2. The number of aryl methyl sites for hydroxylation is 2. The lowest BCUT2D eigenvalue weighted by Crippen LogP contribution is -2.28. The zero-order valence-corrected chi connectivity index (χ0v) is 14.0. The van der Waals surface area contributed by atoms with Gasteiger partial charge in [0.15, 0.2) is 11.6 Å². The SMILES string of the molecule is Cc1noc(C)c1CSCC(=O)NC(C)c1ccc(F)c(F)c1. The van der Waals surface area contributed by atoms with Gasteiger partial charge in [-0.2, -0.15) is 0 Å². The molecule has 1 aromatic carbocycles. The highest BCUT2D eigenvalue weighted by Gasteiger charge is 2.13. The van der Waals surface area contributed by atoms with Gasteiger partial charge in [0, 0.05) is 11.3 Å². The molecule has 2 rings (SSSR count). The van der Waals surface area contributed by atoms with E-state index in [9.17, 15) is 13.6 Å². The lowest BCUT2D eigenvalue weighted by molar-refractivity contribution is -0.119. The summed E-state index contributed by atoms with van der Waals surface area (Å²) in [7, 11) is 0. The summed E-state index contributed by atoms with van der Waals surface area (Å²) in [6.45, 7) is 5.42. The number of nitrogens with zero attached hydrogens (tertiary/aromatic N) is 1. The Kier molecular flexibility index (Phi) is 5.76. The number of hydrogen-bond acceptors (Lipinski definition) is 4. The van der Waals surface area contributed by atoms with Crippen molar-refractivity contribution in [2.45, 2.75) is 32.6 Å². The maximum Gasteiger partial charge on any atom is 0.230 e. The van der Waals surface area contributed by atoms with Gasteiger partial charge in [-0.1, -0.05) is 11.2 Å². The molecule has 23 heavy (non-hydrogen) atoms. The molecule has 0 bridgehead atoms. The van der Waals surface area contributed by atoms with Crippen LogP contribution in [0.2, 0.25) is 0 Å². The van der Waals surface area contributed by atoms with Gasteiger partial charge in [0.05, 0.1) is 17.5 Å². The quantitative estimate of drug-likeness (QED) is 0.871. The molecule has 124 valence electrons. The second-order valence-corrected chi connectivity index (χ2v) is 6.24. The Bertz CT molecular complexity index is 684. The van der Waals surface area contributed by atoms with E-state index in [1.54, 1.807) is 6.92 Å². The third kappa shape index (κ3) is 4.54. The molecule has 0 spiro atoms. The molecule has 1 unspecified atom stereocenters. The Hall–Kier alpha value is -1.89. The van der Waals surface area contributed by atoms with Crippen molar-refractivity contribution < 1.29 is 18.1 Å². The molecule has 1 N–H and O–H groups in total. The summed E-state index contributed by atoms with van der Waals surface area (Å²) in [4.78, 5) is 11.9. The van der Waals surface area contributed by atoms with Crippen LogP contribution in [-0.2, 0) is 10.5 Å². The minimum atomic E-state index is -0.920. The Labute approximate surface area is 137 Å². The summed E-state index contributed by atoms with van der Waals surface area (Å²) in [5.41, 5.74) is 2.34. The highest BCUT2D eigenvalue weighted by molar-refractivity contribution is 7.99. The fourth-order valence-corrected chi connectivity index (χ4v) is 3.09. The largest absolute Gasteiger partial charge is 0.361 e. The number of carbonyl (C=O) groups excluding carboxylic acids is 1. The van der Waals surface area contributed by atoms with Gasteiger partial charge in [0.2, 0.25) is 5.91 Å². The highest BCUT2D eigenvalue weighted by atomic mass is 32.2. The van der Waals surface area contributed by atoms with Gasteiger partial charge in [-0.25, -0.2) is 8.78 Å². The molecular weight excluding hydrogens is 322 g/mol. The molecule has 0 radical (unpaired) electrons. The molecule has 1 aromatic heterocycles. The van der Waals surface area contributed by atoms with Crippen molar-refractivity contribution in [1.82, 2.24) is 10.5 Å². The van der Waals surface area contributed by atoms with Crippen LogP contribution in [0.3, 0.4) is 0 Å². The third-order valence-electron chi connectivity index (χ3n) is 3.48. The van der Waals surface area contributed by atoms with Crippen molar-refractivity contribution in [1.29, 1.82) is 0 Å². The van der Waals surface area contributed by atoms with Crippen LogP contribution in [0.5, 0.6) is 0 Å². The maximum atomic E-state index is 13.2. The molecular formula is C16H18F2N2O2S. The minimum absolute atomic E-state index is 0.168. The van der Waals surface area contributed by atoms with E-state index in [1.165, 1.54) is 17.8 Å². The predicted molar refractivity (Wildman–Crippen MR) is 85.1 cm³/mol. The predicted octanol–water partition coefficient (Wildman–Crippen LogP) is 3.68. The van der Waals surface area contributed by atoms with E-state index in [0.29, 0.717) is 11.3 Å². The molecule has 2 aromatic rings. The molecule has 0 aliphatic heterocycles. The van der Waals surface area contributed by atoms with Crippen LogP contribution >= 0.6 is 11.8 Å². The van der Waals surface area contributed by atoms with Crippen molar-refractivity contribution in [3.8, 4) is 0 Å². The van der Waals surface area contributed by atoms with Crippen molar-refractivity contribution in [3.63, 3.8) is 0 Å². The molecule has 0 saturated carbocycles. The van der Waals surface area contributed by atoms with E-state index < -0.39 is 17.7 Å². The summed E-state index contributed by atoms with van der Waals surface area (Å²) < 4.78 is 31.2. The van der Waals surface area contributed by atoms with Crippen molar-refractivity contribution in [2.24, 2.45) is 0 Å². The number of hydrogen-bond donors (Lipinski definition) is 1. The molecule has 1 heterocycles. The highest BCUT2D eigenvalue weighted by Crippen LogP contribution is 2.20. The first kappa shape index (κ1) is 17.5. The first-order chi connectivity index (χ1) is 10.9. The lowest BCUT2D eigenvalue weighted by atomic mass is 10.1. The van der Waals surface area contributed by atoms with E-state index in [4.69, 9.17) is 4.52 Å². The number of aromatic nitrogens is 1. The van der Waals surface area contributed by atoms with Crippen molar-refractivity contribution in [2.75, 3.05) is 5.75 Å². The van der Waals surface area contributed by atoms with Crippen LogP contribution in [0.25, 0.3) is 0 Å². The van der Waals surface area contributed by atoms with Gasteiger partial charge < -0.3 is 9.84 Å². The maximum absolute atomic E-state index is 13.2. The summed E-state index contributed by atoms with van der Waals surface area (Å²) in [6, 6.07) is 3.22. The molecule has 1 amide bonds. The van der Waals surface area contributed by atoms with Gasteiger partial charge in [-0.05, 0) is 38.5 Å². The smallest absolute Gasteiger partial charge is 0.230 e. The molecule has 7 heteroatoms. The number of thioether (sulfide) groups is 1. The summed E-state index contributed by atoms with van der Waals surface area (Å²) in [5, 5.41) is 6.63. The zero-order valence-electron chi connectivity index (χ0n) is 13.2. The Balaban J connectivity index is 1.83. The molecule has 1 atom stereocenters. The van der Waals surface area contributed by atoms with Crippen LogP contribution in [0, 0.1) is 25.5 Å². The summed E-state index contributed by atoms with van der Waals surface area (Å²) in [6.07, 6.45) is 0. The van der Waals surface area contributed by atoms with Gasteiger partial charge in [0.1, 0.15) is 5.76 Å². The average Bonchev–Trinajstić information content (AvgIpc) is 2.81. The Morgan fingerprint density at radius 2 is 2.09 bits per heavy atom. The fourth-order valence-electron chi connectivity index (χ4n) is 2.10.